The van der Waals surface area contributed by atoms with E-state index in [0.717, 1.165) is 6.08 Å². The third-order valence-corrected chi connectivity index (χ3v) is 4.99. The standard InChI is InChI=1S/C16H12ClNO4S/c1-22-15-4-2-3-11(16(15)19)9-14(10-18)23(20,21)13-7-5-12(17)6-8-13/h2-9,19H,1H3/b14-9+. The first kappa shape index (κ1) is 16.9. The van der Waals surface area contributed by atoms with Crippen molar-refractivity contribution in [2.75, 3.05) is 7.11 Å². The monoisotopic (exact) mass is 349 g/mol. The van der Waals surface area contributed by atoms with Gasteiger partial charge in [0.05, 0.1) is 12.0 Å². The number of methoxy groups -OCH3 is 1. The van der Waals surface area contributed by atoms with Crippen molar-refractivity contribution in [3.05, 3.63) is 58.0 Å². The van der Waals surface area contributed by atoms with Crippen LogP contribution in [0.2, 0.25) is 5.02 Å². The van der Waals surface area contributed by atoms with Crippen molar-refractivity contribution in [1.29, 1.82) is 5.26 Å². The van der Waals surface area contributed by atoms with Crippen LogP contribution < -0.4 is 4.74 Å². The molecular weight excluding hydrogens is 338 g/mol. The molecule has 5 nitrogen and oxygen atoms in total. The van der Waals surface area contributed by atoms with Gasteiger partial charge in [0.1, 0.15) is 11.0 Å². The Hall–Kier alpha value is -2.49. The van der Waals surface area contributed by atoms with Crippen molar-refractivity contribution >= 4 is 27.5 Å². The van der Waals surface area contributed by atoms with Crippen LogP contribution in [0.5, 0.6) is 11.5 Å². The lowest BCUT2D eigenvalue weighted by atomic mass is 10.1. The predicted octanol–water partition coefficient (Wildman–Crippen LogP) is 3.39. The molecule has 118 valence electrons. The zero-order valence-corrected chi connectivity index (χ0v) is 13.6. The third kappa shape index (κ3) is 3.47. The molecule has 1 N–H and O–H groups in total. The maximum absolute atomic E-state index is 12.5. The lowest BCUT2D eigenvalue weighted by Gasteiger charge is -2.07. The van der Waals surface area contributed by atoms with Crippen LogP contribution >= 0.6 is 11.6 Å². The van der Waals surface area contributed by atoms with Gasteiger partial charge in [-0.25, -0.2) is 8.42 Å². The highest BCUT2D eigenvalue weighted by Gasteiger charge is 2.21. The van der Waals surface area contributed by atoms with Crippen LogP contribution in [0.4, 0.5) is 0 Å². The second-order valence-corrected chi connectivity index (χ2v) is 6.83. The van der Waals surface area contributed by atoms with Crippen molar-refractivity contribution in [1.82, 2.24) is 0 Å². The summed E-state index contributed by atoms with van der Waals surface area (Å²) in [5.74, 6) is -0.0611. The highest BCUT2D eigenvalue weighted by molar-refractivity contribution is 7.95. The van der Waals surface area contributed by atoms with E-state index in [1.54, 1.807) is 12.1 Å². The van der Waals surface area contributed by atoms with Crippen molar-refractivity contribution in [3.63, 3.8) is 0 Å². The maximum Gasteiger partial charge on any atom is 0.216 e. The summed E-state index contributed by atoms with van der Waals surface area (Å²) in [7, 11) is -2.64. The maximum atomic E-state index is 12.5. The predicted molar refractivity (Wildman–Crippen MR) is 86.9 cm³/mol. The summed E-state index contributed by atoms with van der Waals surface area (Å²) in [5.41, 5.74) is 0.165. The summed E-state index contributed by atoms with van der Waals surface area (Å²) in [6.07, 6.45) is 1.10. The molecule has 2 rings (SSSR count). The normalized spacial score (nSPS) is 11.8. The number of benzene rings is 2. The fourth-order valence-corrected chi connectivity index (χ4v) is 3.15. The van der Waals surface area contributed by atoms with Crippen LogP contribution in [0.25, 0.3) is 6.08 Å². The summed E-state index contributed by atoms with van der Waals surface area (Å²) in [6.45, 7) is 0. The highest BCUT2D eigenvalue weighted by Crippen LogP contribution is 2.32. The summed E-state index contributed by atoms with van der Waals surface area (Å²) >= 11 is 5.74. The Morgan fingerprint density at radius 2 is 1.91 bits per heavy atom. The molecule has 0 aliphatic heterocycles. The smallest absolute Gasteiger partial charge is 0.216 e. The summed E-state index contributed by atoms with van der Waals surface area (Å²) < 4.78 is 30.0. The van der Waals surface area contributed by atoms with Gasteiger partial charge in [0, 0.05) is 10.6 Å². The number of aromatic hydroxyl groups is 1. The molecule has 0 amide bonds. The third-order valence-electron chi connectivity index (χ3n) is 3.06. The molecule has 23 heavy (non-hydrogen) atoms. The van der Waals surface area contributed by atoms with Gasteiger partial charge in [-0.05, 0) is 36.4 Å². The van der Waals surface area contributed by atoms with Gasteiger partial charge < -0.3 is 9.84 Å². The van der Waals surface area contributed by atoms with E-state index in [2.05, 4.69) is 0 Å². The largest absolute Gasteiger partial charge is 0.504 e. The lowest BCUT2D eigenvalue weighted by molar-refractivity contribution is 0.373. The Kier molecular flexibility index (Phi) is 4.94. The first-order chi connectivity index (χ1) is 10.9. The number of para-hydroxylation sites is 1. The minimum absolute atomic E-state index is 0.0583. The molecule has 0 heterocycles. The molecule has 7 heteroatoms. The quantitative estimate of drug-likeness (QED) is 0.855. The number of phenolic OH excluding ortho intramolecular Hbond substituents is 1. The first-order valence-electron chi connectivity index (χ1n) is 6.38. The van der Waals surface area contributed by atoms with Crippen LogP contribution in [-0.2, 0) is 9.84 Å². The SMILES string of the molecule is COc1cccc(/C=C(\C#N)S(=O)(=O)c2ccc(Cl)cc2)c1O. The zero-order chi connectivity index (χ0) is 17.0. The van der Waals surface area contributed by atoms with E-state index in [0.29, 0.717) is 5.02 Å². The second kappa shape index (κ2) is 6.73. The first-order valence-corrected chi connectivity index (χ1v) is 8.24. The van der Waals surface area contributed by atoms with Gasteiger partial charge in [-0.1, -0.05) is 23.7 Å². The number of nitrogens with zero attached hydrogens (tertiary/aromatic N) is 1. The van der Waals surface area contributed by atoms with Gasteiger partial charge >= 0.3 is 0 Å². The van der Waals surface area contributed by atoms with E-state index in [9.17, 15) is 18.8 Å². The fourth-order valence-electron chi connectivity index (χ4n) is 1.87. The molecule has 0 spiro atoms. The van der Waals surface area contributed by atoms with Gasteiger partial charge in [0.2, 0.25) is 9.84 Å². The molecule has 2 aromatic rings. The Bertz CT molecular complexity index is 897. The van der Waals surface area contributed by atoms with Crippen molar-refractivity contribution < 1.29 is 18.3 Å². The summed E-state index contributed by atoms with van der Waals surface area (Å²) in [4.78, 5) is -0.555. The van der Waals surface area contributed by atoms with Crippen molar-refractivity contribution in [2.45, 2.75) is 4.90 Å². The van der Waals surface area contributed by atoms with E-state index < -0.39 is 14.7 Å². The topological polar surface area (TPSA) is 87.4 Å². The molecule has 0 bridgehead atoms. The number of allylic oxidation sites excluding steroid dienone is 1. The Morgan fingerprint density at radius 3 is 2.48 bits per heavy atom. The fraction of sp³-hybridized carbons (Fsp3) is 0.0625. The summed E-state index contributed by atoms with van der Waals surface area (Å²) in [5, 5.41) is 19.6. The number of ether oxygens (including phenoxy) is 1. The van der Waals surface area contributed by atoms with Crippen LogP contribution in [-0.4, -0.2) is 20.6 Å². The Labute approximate surface area is 138 Å². The second-order valence-electron chi connectivity index (χ2n) is 4.48. The number of phenols is 1. The van der Waals surface area contributed by atoms with Crippen LogP contribution in [0.15, 0.2) is 52.3 Å². The minimum Gasteiger partial charge on any atom is -0.504 e. The zero-order valence-electron chi connectivity index (χ0n) is 12.0. The van der Waals surface area contributed by atoms with Gasteiger partial charge in [-0.15, -0.1) is 0 Å². The lowest BCUT2D eigenvalue weighted by Crippen LogP contribution is -2.03. The number of sulfone groups is 1. The highest BCUT2D eigenvalue weighted by atomic mass is 35.5. The Balaban J connectivity index is 2.55. The molecule has 0 saturated carbocycles. The molecule has 0 saturated heterocycles. The number of nitriles is 1. The van der Waals surface area contributed by atoms with Gasteiger partial charge in [0.25, 0.3) is 0 Å². The minimum atomic E-state index is -4.01. The van der Waals surface area contributed by atoms with Crippen LogP contribution in [0.3, 0.4) is 0 Å². The van der Waals surface area contributed by atoms with E-state index in [4.69, 9.17) is 16.3 Å². The van der Waals surface area contributed by atoms with E-state index in [1.165, 1.54) is 43.5 Å². The molecule has 0 aromatic heterocycles. The summed E-state index contributed by atoms with van der Waals surface area (Å²) in [6, 6.07) is 11.7. The van der Waals surface area contributed by atoms with Crippen molar-refractivity contribution in [2.24, 2.45) is 0 Å². The number of halogens is 1. The molecule has 0 aliphatic rings. The average Bonchev–Trinajstić information content (AvgIpc) is 2.54. The molecule has 2 aromatic carbocycles. The van der Waals surface area contributed by atoms with Crippen LogP contribution in [0.1, 0.15) is 5.56 Å². The molecule has 0 atom stereocenters. The average molecular weight is 350 g/mol. The molecule has 0 aliphatic carbocycles. The molecule has 0 radical (unpaired) electrons. The van der Waals surface area contributed by atoms with Gasteiger partial charge in [-0.2, -0.15) is 5.26 Å². The Morgan fingerprint density at radius 1 is 1.26 bits per heavy atom. The van der Waals surface area contributed by atoms with E-state index >= 15 is 0 Å². The van der Waals surface area contributed by atoms with Crippen LogP contribution in [0, 0.1) is 11.3 Å². The number of hydrogen-bond donors (Lipinski definition) is 1. The van der Waals surface area contributed by atoms with Gasteiger partial charge in [-0.3, -0.25) is 0 Å². The number of rotatable bonds is 4. The number of hydrogen-bond acceptors (Lipinski definition) is 5. The van der Waals surface area contributed by atoms with Gasteiger partial charge in [0.15, 0.2) is 11.5 Å². The van der Waals surface area contributed by atoms with Crippen molar-refractivity contribution in [3.8, 4) is 17.6 Å². The molecule has 0 fully saturated rings. The van der Waals surface area contributed by atoms with E-state index in [1.807, 2.05) is 0 Å². The van der Waals surface area contributed by atoms with E-state index in [-0.39, 0.29) is 22.0 Å². The molecule has 0 unspecified atom stereocenters. The molecular formula is C16H12ClNO4S.